The fourth-order valence-corrected chi connectivity index (χ4v) is 1.78. The van der Waals surface area contributed by atoms with Crippen molar-refractivity contribution < 1.29 is 18.3 Å². The van der Waals surface area contributed by atoms with Gasteiger partial charge in [-0.2, -0.15) is 0 Å². The van der Waals surface area contributed by atoms with E-state index in [9.17, 15) is 13.6 Å². The maximum atomic E-state index is 13.8. The van der Waals surface area contributed by atoms with Gasteiger partial charge in [0.1, 0.15) is 11.6 Å². The quantitative estimate of drug-likeness (QED) is 0.924. The van der Waals surface area contributed by atoms with Crippen LogP contribution in [-0.2, 0) is 4.74 Å². The van der Waals surface area contributed by atoms with E-state index in [0.717, 1.165) is 0 Å². The second-order valence-electron chi connectivity index (χ2n) is 3.89. The minimum Gasteiger partial charge on any atom is -0.436 e. The topological polar surface area (TPSA) is 52.3 Å². The first kappa shape index (κ1) is 13.0. The van der Waals surface area contributed by atoms with Crippen LogP contribution in [0.2, 0.25) is 0 Å². The number of hydrogen-bond donors (Lipinski definition) is 1. The summed E-state index contributed by atoms with van der Waals surface area (Å²) >= 11 is 0. The van der Waals surface area contributed by atoms with E-state index in [-0.39, 0.29) is 5.56 Å². The van der Waals surface area contributed by atoms with Crippen molar-refractivity contribution in [2.45, 2.75) is 6.10 Å². The Morgan fingerprint density at radius 2 is 1.84 bits per heavy atom. The second kappa shape index (κ2) is 5.48. The van der Waals surface area contributed by atoms with Crippen molar-refractivity contribution in [1.82, 2.24) is 0 Å². The van der Waals surface area contributed by atoms with E-state index in [0.29, 0.717) is 5.56 Å². The normalized spacial score (nSPS) is 11.9. The lowest BCUT2D eigenvalue weighted by Crippen LogP contribution is -2.19. The summed E-state index contributed by atoms with van der Waals surface area (Å²) in [5, 5.41) is 0. The Bertz CT molecular complexity index is 602. The Labute approximate surface area is 108 Å². The largest absolute Gasteiger partial charge is 0.436 e. The summed E-state index contributed by atoms with van der Waals surface area (Å²) in [6.45, 7) is 0. The van der Waals surface area contributed by atoms with Gasteiger partial charge in [-0.1, -0.05) is 30.3 Å². The highest BCUT2D eigenvalue weighted by atomic mass is 19.1. The van der Waals surface area contributed by atoms with Gasteiger partial charge in [-0.3, -0.25) is 0 Å². The molecule has 0 aromatic heterocycles. The predicted octanol–water partition coefficient (Wildman–Crippen LogP) is 3.15. The van der Waals surface area contributed by atoms with Crippen LogP contribution < -0.4 is 5.73 Å². The van der Waals surface area contributed by atoms with Crippen LogP contribution in [0.15, 0.2) is 48.5 Å². The van der Waals surface area contributed by atoms with Gasteiger partial charge in [0.2, 0.25) is 0 Å². The van der Waals surface area contributed by atoms with Crippen LogP contribution in [0.1, 0.15) is 17.2 Å². The molecular formula is C14H11F2NO2. The maximum absolute atomic E-state index is 13.8. The van der Waals surface area contributed by atoms with Crippen molar-refractivity contribution in [1.29, 1.82) is 0 Å². The summed E-state index contributed by atoms with van der Waals surface area (Å²) in [4.78, 5) is 10.9. The third-order valence-electron chi connectivity index (χ3n) is 2.57. The molecule has 2 N–H and O–H groups in total. The average molecular weight is 263 g/mol. The SMILES string of the molecule is NC(=O)OC(c1cccc(F)c1)c1ccccc1F. The average Bonchev–Trinajstić information content (AvgIpc) is 2.37. The van der Waals surface area contributed by atoms with Gasteiger partial charge in [-0.15, -0.1) is 0 Å². The van der Waals surface area contributed by atoms with Crippen molar-refractivity contribution in [2.24, 2.45) is 5.73 Å². The van der Waals surface area contributed by atoms with Crippen LogP contribution in [0.4, 0.5) is 13.6 Å². The molecule has 0 aliphatic rings. The molecule has 0 bridgehead atoms. The summed E-state index contributed by atoms with van der Waals surface area (Å²) in [6, 6.07) is 11.2. The zero-order valence-corrected chi connectivity index (χ0v) is 9.85. The van der Waals surface area contributed by atoms with Crippen LogP contribution in [0.3, 0.4) is 0 Å². The van der Waals surface area contributed by atoms with Crippen molar-refractivity contribution in [3.8, 4) is 0 Å². The number of hydrogen-bond acceptors (Lipinski definition) is 2. The van der Waals surface area contributed by atoms with Gasteiger partial charge in [-0.05, 0) is 18.2 Å². The van der Waals surface area contributed by atoms with Gasteiger partial charge in [0.05, 0.1) is 0 Å². The van der Waals surface area contributed by atoms with Gasteiger partial charge in [-0.25, -0.2) is 13.6 Å². The highest BCUT2D eigenvalue weighted by Crippen LogP contribution is 2.28. The van der Waals surface area contributed by atoms with Crippen molar-refractivity contribution >= 4 is 6.09 Å². The summed E-state index contributed by atoms with van der Waals surface area (Å²) in [7, 11) is 0. The van der Waals surface area contributed by atoms with Gasteiger partial charge < -0.3 is 10.5 Å². The number of benzene rings is 2. The van der Waals surface area contributed by atoms with Gasteiger partial charge in [0.25, 0.3) is 0 Å². The Hall–Kier alpha value is -2.43. The molecule has 1 atom stereocenters. The van der Waals surface area contributed by atoms with Gasteiger partial charge in [0, 0.05) is 11.1 Å². The molecule has 3 nitrogen and oxygen atoms in total. The molecule has 0 radical (unpaired) electrons. The van der Waals surface area contributed by atoms with E-state index in [1.54, 1.807) is 6.07 Å². The minimum atomic E-state index is -1.07. The standard InChI is InChI=1S/C14H11F2NO2/c15-10-5-3-4-9(8-10)13(19-14(17)18)11-6-1-2-7-12(11)16/h1-8,13H,(H2,17,18). The molecule has 5 heteroatoms. The van der Waals surface area contributed by atoms with Crippen molar-refractivity contribution in [2.75, 3.05) is 0 Å². The second-order valence-corrected chi connectivity index (χ2v) is 3.89. The summed E-state index contributed by atoms with van der Waals surface area (Å²) in [6.07, 6.45) is -2.13. The number of ether oxygens (including phenoxy) is 1. The monoisotopic (exact) mass is 263 g/mol. The lowest BCUT2D eigenvalue weighted by Gasteiger charge is -2.18. The molecule has 1 unspecified atom stereocenters. The molecule has 0 fully saturated rings. The number of halogens is 2. The van der Waals surface area contributed by atoms with E-state index in [2.05, 4.69) is 0 Å². The highest BCUT2D eigenvalue weighted by Gasteiger charge is 2.21. The Balaban J connectivity index is 2.47. The first-order chi connectivity index (χ1) is 9.08. The van der Waals surface area contributed by atoms with Crippen molar-refractivity contribution in [3.63, 3.8) is 0 Å². The first-order valence-electron chi connectivity index (χ1n) is 5.54. The molecule has 0 spiro atoms. The van der Waals surface area contributed by atoms with Crippen LogP contribution in [0.5, 0.6) is 0 Å². The fourth-order valence-electron chi connectivity index (χ4n) is 1.78. The van der Waals surface area contributed by atoms with E-state index in [1.807, 2.05) is 0 Å². The number of rotatable bonds is 3. The van der Waals surface area contributed by atoms with Crippen LogP contribution in [0, 0.1) is 11.6 Å². The molecule has 2 aromatic carbocycles. The smallest absolute Gasteiger partial charge is 0.405 e. The van der Waals surface area contributed by atoms with E-state index >= 15 is 0 Å². The third kappa shape index (κ3) is 3.07. The molecule has 0 saturated heterocycles. The maximum Gasteiger partial charge on any atom is 0.405 e. The van der Waals surface area contributed by atoms with Crippen LogP contribution >= 0.6 is 0 Å². The molecule has 0 aliphatic heterocycles. The lowest BCUT2D eigenvalue weighted by molar-refractivity contribution is 0.124. The van der Waals surface area contributed by atoms with Gasteiger partial charge in [0.15, 0.2) is 6.10 Å². The Morgan fingerprint density at radius 3 is 2.47 bits per heavy atom. The first-order valence-corrected chi connectivity index (χ1v) is 5.54. The molecule has 0 saturated carbocycles. The molecule has 19 heavy (non-hydrogen) atoms. The number of primary amides is 1. The number of carbonyl (C=O) groups is 1. The molecular weight excluding hydrogens is 252 g/mol. The Morgan fingerprint density at radius 1 is 1.11 bits per heavy atom. The third-order valence-corrected chi connectivity index (χ3v) is 2.57. The molecule has 2 aromatic rings. The minimum absolute atomic E-state index is 0.118. The number of amides is 1. The van der Waals surface area contributed by atoms with Gasteiger partial charge >= 0.3 is 6.09 Å². The predicted molar refractivity (Wildman–Crippen MR) is 65.3 cm³/mol. The van der Waals surface area contributed by atoms with Crippen LogP contribution in [0.25, 0.3) is 0 Å². The zero-order valence-electron chi connectivity index (χ0n) is 9.85. The molecule has 98 valence electrons. The molecule has 2 rings (SSSR count). The summed E-state index contributed by atoms with van der Waals surface area (Å²) < 4.78 is 31.9. The number of carbonyl (C=O) groups excluding carboxylic acids is 1. The fraction of sp³-hybridized carbons (Fsp3) is 0.0714. The summed E-state index contributed by atoms with van der Waals surface area (Å²) in [5.41, 5.74) is 5.41. The lowest BCUT2D eigenvalue weighted by atomic mass is 10.0. The number of nitrogens with two attached hydrogens (primary N) is 1. The van der Waals surface area contributed by atoms with E-state index in [4.69, 9.17) is 10.5 Å². The molecule has 0 heterocycles. The molecule has 1 amide bonds. The zero-order chi connectivity index (χ0) is 13.8. The van der Waals surface area contributed by atoms with E-state index in [1.165, 1.54) is 42.5 Å². The van der Waals surface area contributed by atoms with E-state index < -0.39 is 23.8 Å². The Kier molecular flexibility index (Phi) is 3.75. The highest BCUT2D eigenvalue weighted by molar-refractivity contribution is 5.65. The van der Waals surface area contributed by atoms with Crippen LogP contribution in [-0.4, -0.2) is 6.09 Å². The molecule has 0 aliphatic carbocycles. The summed E-state index contributed by atoms with van der Waals surface area (Å²) in [5.74, 6) is -1.06. The van der Waals surface area contributed by atoms with Crippen molar-refractivity contribution in [3.05, 3.63) is 71.3 Å².